The van der Waals surface area contributed by atoms with Crippen LogP contribution in [-0.2, 0) is 4.74 Å². The highest BCUT2D eigenvalue weighted by molar-refractivity contribution is 5.16. The average Bonchev–Trinajstić information content (AvgIpc) is 1.85. The van der Waals surface area contributed by atoms with Crippen LogP contribution < -0.4 is 0 Å². The molecule has 0 saturated carbocycles. The number of hydrogen-bond donors (Lipinski definition) is 1. The Bertz CT molecular complexity index is 188. The summed E-state index contributed by atoms with van der Waals surface area (Å²) in [4.78, 5) is 0. The monoisotopic (exact) mass is 170 g/mol. The minimum atomic E-state index is -0.953. The van der Waals surface area contributed by atoms with Crippen LogP contribution in [0.15, 0.2) is 0 Å². The molecule has 0 rings (SSSR count). The summed E-state index contributed by atoms with van der Waals surface area (Å²) in [7, 11) is 1.58. The summed E-state index contributed by atoms with van der Waals surface area (Å²) >= 11 is 0. The quantitative estimate of drug-likeness (QED) is 0.603. The molecule has 1 N–H and O–H groups in total. The minimum absolute atomic E-state index is 0.228. The van der Waals surface area contributed by atoms with Crippen LogP contribution in [-0.4, -0.2) is 24.4 Å². The Morgan fingerprint density at radius 1 is 1.25 bits per heavy atom. The van der Waals surface area contributed by atoms with Crippen LogP contribution in [0, 0.1) is 17.3 Å². The molecule has 0 saturated heterocycles. The van der Waals surface area contributed by atoms with Crippen molar-refractivity contribution in [3.8, 4) is 11.8 Å². The number of ether oxygens (including phenoxy) is 1. The van der Waals surface area contributed by atoms with Crippen molar-refractivity contribution in [3.63, 3.8) is 0 Å². The largest absolute Gasteiger partial charge is 0.377 e. The Morgan fingerprint density at radius 2 is 1.75 bits per heavy atom. The van der Waals surface area contributed by atoms with Gasteiger partial charge in [0.2, 0.25) is 0 Å². The molecule has 2 nitrogen and oxygen atoms in total. The van der Waals surface area contributed by atoms with Gasteiger partial charge in [0, 0.05) is 12.5 Å². The Kier molecular flexibility index (Phi) is 3.76. The van der Waals surface area contributed by atoms with Crippen molar-refractivity contribution in [2.75, 3.05) is 13.7 Å². The zero-order chi connectivity index (χ0) is 9.83. The van der Waals surface area contributed by atoms with Gasteiger partial charge in [-0.1, -0.05) is 32.6 Å². The smallest absolute Gasteiger partial charge is 0.127 e. The SMILES string of the molecule is COCC#CC(C)(O)C(C)(C)C. The van der Waals surface area contributed by atoms with E-state index in [9.17, 15) is 5.11 Å². The van der Waals surface area contributed by atoms with Crippen molar-refractivity contribution in [2.24, 2.45) is 5.41 Å². The van der Waals surface area contributed by atoms with Gasteiger partial charge in [-0.2, -0.15) is 0 Å². The molecule has 0 spiro atoms. The fraction of sp³-hybridized carbons (Fsp3) is 0.800. The highest BCUT2D eigenvalue weighted by atomic mass is 16.5. The third-order valence-corrected chi connectivity index (χ3v) is 2.01. The summed E-state index contributed by atoms with van der Waals surface area (Å²) in [6, 6.07) is 0. The molecule has 0 heterocycles. The standard InChI is InChI=1S/C10H18O2/c1-9(2,3)10(4,11)7-6-8-12-5/h11H,8H2,1-5H3. The predicted molar refractivity (Wildman–Crippen MR) is 49.7 cm³/mol. The molecule has 0 amide bonds. The van der Waals surface area contributed by atoms with Crippen LogP contribution in [0.2, 0.25) is 0 Å². The molecule has 0 aromatic heterocycles. The van der Waals surface area contributed by atoms with Crippen LogP contribution in [0.1, 0.15) is 27.7 Å². The summed E-state index contributed by atoms with van der Waals surface area (Å²) in [5, 5.41) is 9.85. The number of hydrogen-bond acceptors (Lipinski definition) is 2. The first-order valence-electron chi connectivity index (χ1n) is 4.02. The van der Waals surface area contributed by atoms with E-state index in [2.05, 4.69) is 11.8 Å². The Balaban J connectivity index is 4.35. The Morgan fingerprint density at radius 3 is 2.08 bits per heavy atom. The third kappa shape index (κ3) is 3.25. The number of aliphatic hydroxyl groups is 1. The number of rotatable bonds is 1. The maximum absolute atomic E-state index is 9.85. The molecule has 1 unspecified atom stereocenters. The second-order valence-corrected chi connectivity index (χ2v) is 4.06. The lowest BCUT2D eigenvalue weighted by Crippen LogP contribution is -2.38. The van der Waals surface area contributed by atoms with E-state index in [-0.39, 0.29) is 5.41 Å². The normalized spacial score (nSPS) is 16.2. The van der Waals surface area contributed by atoms with E-state index in [4.69, 9.17) is 4.74 Å². The van der Waals surface area contributed by atoms with Crippen molar-refractivity contribution in [2.45, 2.75) is 33.3 Å². The highest BCUT2D eigenvalue weighted by Gasteiger charge is 2.33. The average molecular weight is 170 g/mol. The topological polar surface area (TPSA) is 29.5 Å². The third-order valence-electron chi connectivity index (χ3n) is 2.01. The van der Waals surface area contributed by atoms with Gasteiger partial charge < -0.3 is 9.84 Å². The van der Waals surface area contributed by atoms with Gasteiger partial charge in [-0.05, 0) is 6.92 Å². The summed E-state index contributed by atoms with van der Waals surface area (Å²) in [5.74, 6) is 5.54. The van der Waals surface area contributed by atoms with Gasteiger partial charge >= 0.3 is 0 Å². The summed E-state index contributed by atoms with van der Waals surface area (Å²) < 4.78 is 4.77. The van der Waals surface area contributed by atoms with Gasteiger partial charge in [-0.25, -0.2) is 0 Å². The van der Waals surface area contributed by atoms with Gasteiger partial charge in [-0.15, -0.1) is 0 Å². The van der Waals surface area contributed by atoms with Crippen molar-refractivity contribution in [1.29, 1.82) is 0 Å². The van der Waals surface area contributed by atoms with Crippen molar-refractivity contribution < 1.29 is 9.84 Å². The molecule has 0 aliphatic carbocycles. The molecule has 70 valence electrons. The fourth-order valence-corrected chi connectivity index (χ4v) is 0.468. The fourth-order valence-electron chi connectivity index (χ4n) is 0.468. The molecule has 0 aromatic carbocycles. The van der Waals surface area contributed by atoms with Gasteiger partial charge in [-0.3, -0.25) is 0 Å². The molecule has 0 radical (unpaired) electrons. The van der Waals surface area contributed by atoms with Gasteiger partial charge in [0.1, 0.15) is 12.2 Å². The second kappa shape index (κ2) is 3.93. The van der Waals surface area contributed by atoms with Crippen LogP contribution in [0.25, 0.3) is 0 Å². The molecular weight excluding hydrogens is 152 g/mol. The lowest BCUT2D eigenvalue weighted by Gasteiger charge is -2.32. The molecular formula is C10H18O2. The lowest BCUT2D eigenvalue weighted by molar-refractivity contribution is 0.0126. The van der Waals surface area contributed by atoms with E-state index in [1.807, 2.05) is 20.8 Å². The molecule has 0 bridgehead atoms. The van der Waals surface area contributed by atoms with Gasteiger partial charge in [0.15, 0.2) is 0 Å². The first-order valence-corrected chi connectivity index (χ1v) is 4.02. The first kappa shape index (κ1) is 11.5. The highest BCUT2D eigenvalue weighted by Crippen LogP contribution is 2.28. The van der Waals surface area contributed by atoms with E-state index in [0.717, 1.165) is 0 Å². The zero-order valence-electron chi connectivity index (χ0n) is 8.56. The van der Waals surface area contributed by atoms with Crippen LogP contribution >= 0.6 is 0 Å². The maximum atomic E-state index is 9.85. The molecule has 0 fully saturated rings. The first-order chi connectivity index (χ1) is 5.31. The molecule has 1 atom stereocenters. The van der Waals surface area contributed by atoms with Gasteiger partial charge in [0.25, 0.3) is 0 Å². The summed E-state index contributed by atoms with van der Waals surface area (Å²) in [6.45, 7) is 7.94. The van der Waals surface area contributed by atoms with E-state index < -0.39 is 5.60 Å². The minimum Gasteiger partial charge on any atom is -0.377 e. The zero-order valence-corrected chi connectivity index (χ0v) is 8.56. The van der Waals surface area contributed by atoms with E-state index in [1.165, 1.54) is 0 Å². The Labute approximate surface area is 74.9 Å². The Hall–Kier alpha value is -0.520. The molecule has 0 aromatic rings. The van der Waals surface area contributed by atoms with E-state index >= 15 is 0 Å². The van der Waals surface area contributed by atoms with Crippen molar-refractivity contribution in [1.82, 2.24) is 0 Å². The van der Waals surface area contributed by atoms with Crippen LogP contribution in [0.3, 0.4) is 0 Å². The van der Waals surface area contributed by atoms with Crippen molar-refractivity contribution >= 4 is 0 Å². The summed E-state index contributed by atoms with van der Waals surface area (Å²) in [5.41, 5.74) is -1.18. The lowest BCUT2D eigenvalue weighted by atomic mass is 9.78. The molecule has 0 aliphatic rings. The van der Waals surface area contributed by atoms with E-state index in [1.54, 1.807) is 14.0 Å². The summed E-state index contributed by atoms with van der Waals surface area (Å²) in [6.07, 6.45) is 0. The molecule has 12 heavy (non-hydrogen) atoms. The van der Waals surface area contributed by atoms with Crippen LogP contribution in [0.4, 0.5) is 0 Å². The second-order valence-electron chi connectivity index (χ2n) is 4.06. The predicted octanol–water partition coefficient (Wildman–Crippen LogP) is 1.43. The van der Waals surface area contributed by atoms with Crippen molar-refractivity contribution in [3.05, 3.63) is 0 Å². The maximum Gasteiger partial charge on any atom is 0.127 e. The van der Waals surface area contributed by atoms with Crippen LogP contribution in [0.5, 0.6) is 0 Å². The molecule has 0 aliphatic heterocycles. The van der Waals surface area contributed by atoms with E-state index in [0.29, 0.717) is 6.61 Å². The van der Waals surface area contributed by atoms with Gasteiger partial charge in [0.05, 0.1) is 0 Å². The molecule has 2 heteroatoms. The number of methoxy groups -OCH3 is 1.